The zero-order valence-corrected chi connectivity index (χ0v) is 15.4. The van der Waals surface area contributed by atoms with Gasteiger partial charge in [0, 0.05) is 0 Å². The maximum Gasteiger partial charge on any atom is 0.322 e. The number of ether oxygens (including phenoxy) is 3. The second-order valence-corrected chi connectivity index (χ2v) is 5.90. The predicted octanol–water partition coefficient (Wildman–Crippen LogP) is 1.40. The number of carboxylic acid groups (broad SMARTS) is 1. The number of hydrogen-bond donors (Lipinski definition) is 3. The molecule has 1 aliphatic heterocycles. The van der Waals surface area contributed by atoms with E-state index in [1.165, 1.54) is 13.2 Å². The van der Waals surface area contributed by atoms with E-state index in [1.807, 2.05) is 0 Å². The van der Waals surface area contributed by atoms with Gasteiger partial charge in [-0.2, -0.15) is 0 Å². The largest absolute Gasteiger partial charge is 0.496 e. The molecule has 3 rings (SSSR count). The van der Waals surface area contributed by atoms with Crippen molar-refractivity contribution in [1.82, 2.24) is 10.6 Å². The van der Waals surface area contributed by atoms with E-state index in [2.05, 4.69) is 10.6 Å². The van der Waals surface area contributed by atoms with Crippen molar-refractivity contribution in [2.24, 2.45) is 0 Å². The molecule has 0 saturated heterocycles. The quantitative estimate of drug-likeness (QED) is 0.602. The van der Waals surface area contributed by atoms with Gasteiger partial charge in [0.1, 0.15) is 18.0 Å². The van der Waals surface area contributed by atoms with Crippen LogP contribution in [0.3, 0.4) is 0 Å². The molecule has 0 aliphatic carbocycles. The Morgan fingerprint density at radius 1 is 1.14 bits per heavy atom. The molecule has 2 aromatic carbocycles. The van der Waals surface area contributed by atoms with Gasteiger partial charge in [-0.15, -0.1) is 0 Å². The summed E-state index contributed by atoms with van der Waals surface area (Å²) in [6, 6.07) is 11.5. The van der Waals surface area contributed by atoms with Gasteiger partial charge >= 0.3 is 5.97 Å². The lowest BCUT2D eigenvalue weighted by atomic mass is 10.1. The van der Waals surface area contributed by atoms with Gasteiger partial charge in [-0.1, -0.05) is 18.2 Å². The van der Waals surface area contributed by atoms with E-state index < -0.39 is 24.3 Å². The molecule has 0 spiro atoms. The number of rotatable bonds is 7. The van der Waals surface area contributed by atoms with E-state index in [1.54, 1.807) is 42.5 Å². The van der Waals surface area contributed by atoms with Crippen molar-refractivity contribution in [3.05, 3.63) is 59.3 Å². The van der Waals surface area contributed by atoms with E-state index in [9.17, 15) is 14.4 Å². The Morgan fingerprint density at radius 2 is 1.90 bits per heavy atom. The fourth-order valence-electron chi connectivity index (χ4n) is 2.60. The van der Waals surface area contributed by atoms with Crippen molar-refractivity contribution in [2.45, 2.75) is 0 Å². The third-order valence-corrected chi connectivity index (χ3v) is 3.95. The van der Waals surface area contributed by atoms with E-state index in [4.69, 9.17) is 19.3 Å². The Kier molecular flexibility index (Phi) is 5.98. The van der Waals surface area contributed by atoms with Gasteiger partial charge in [-0.3, -0.25) is 14.4 Å². The first-order valence-corrected chi connectivity index (χ1v) is 8.53. The number of carboxylic acids is 1. The van der Waals surface area contributed by atoms with Crippen LogP contribution in [0.1, 0.15) is 15.9 Å². The average molecular weight is 398 g/mol. The summed E-state index contributed by atoms with van der Waals surface area (Å²) in [5.41, 5.74) is 0.633. The summed E-state index contributed by atoms with van der Waals surface area (Å²) in [6.45, 7) is -0.499. The Balaban J connectivity index is 1.89. The predicted molar refractivity (Wildman–Crippen MR) is 102 cm³/mol. The molecule has 150 valence electrons. The first-order valence-electron chi connectivity index (χ1n) is 8.53. The van der Waals surface area contributed by atoms with Gasteiger partial charge in [0.2, 0.25) is 6.79 Å². The van der Waals surface area contributed by atoms with Crippen LogP contribution in [-0.4, -0.2) is 43.3 Å². The van der Waals surface area contributed by atoms with Crippen molar-refractivity contribution < 1.29 is 33.7 Å². The molecule has 0 fully saturated rings. The number of aliphatic carboxylic acids is 1. The lowest BCUT2D eigenvalue weighted by Crippen LogP contribution is -2.37. The van der Waals surface area contributed by atoms with Crippen LogP contribution in [0.15, 0.2) is 48.2 Å². The van der Waals surface area contributed by atoms with Gasteiger partial charge in [0.15, 0.2) is 11.5 Å². The molecule has 0 unspecified atom stereocenters. The first kappa shape index (κ1) is 19.7. The molecule has 9 heteroatoms. The summed E-state index contributed by atoms with van der Waals surface area (Å²) in [5, 5.41) is 13.5. The van der Waals surface area contributed by atoms with Gasteiger partial charge in [0.05, 0.1) is 12.7 Å². The zero-order chi connectivity index (χ0) is 20.8. The second kappa shape index (κ2) is 8.79. The highest BCUT2D eigenvalue weighted by Crippen LogP contribution is 2.33. The van der Waals surface area contributed by atoms with Crippen LogP contribution in [0.25, 0.3) is 6.08 Å². The molecular weight excluding hydrogens is 380 g/mol. The van der Waals surface area contributed by atoms with Crippen molar-refractivity contribution in [3.63, 3.8) is 0 Å². The van der Waals surface area contributed by atoms with Crippen LogP contribution in [0, 0.1) is 0 Å². The molecule has 2 amide bonds. The lowest BCUT2D eigenvalue weighted by Gasteiger charge is -2.12. The normalized spacial score (nSPS) is 12.2. The number of para-hydroxylation sites is 1. The summed E-state index contributed by atoms with van der Waals surface area (Å²) in [4.78, 5) is 35.9. The van der Waals surface area contributed by atoms with Crippen LogP contribution >= 0.6 is 0 Å². The van der Waals surface area contributed by atoms with Crippen molar-refractivity contribution >= 4 is 23.9 Å². The minimum Gasteiger partial charge on any atom is -0.496 e. The van der Waals surface area contributed by atoms with Crippen LogP contribution in [0.2, 0.25) is 0 Å². The first-order chi connectivity index (χ1) is 14.0. The maximum atomic E-state index is 12.7. The highest BCUT2D eigenvalue weighted by molar-refractivity contribution is 6.06. The van der Waals surface area contributed by atoms with E-state index in [-0.39, 0.29) is 18.1 Å². The van der Waals surface area contributed by atoms with Gasteiger partial charge < -0.3 is 30.0 Å². The number of carbonyl (C=O) groups excluding carboxylic acids is 2. The molecule has 0 saturated carbocycles. The standard InChI is InChI=1S/C20H18N2O7/c1-27-15-5-3-2-4-13(15)19(25)22-14(20(26)21-10-18(23)24)8-12-6-7-16-17(9-12)29-11-28-16/h2-9H,10-11H2,1H3,(H,21,26)(H,22,25)(H,23,24). The van der Waals surface area contributed by atoms with Crippen LogP contribution in [0.4, 0.5) is 0 Å². The molecule has 1 aliphatic rings. The summed E-state index contributed by atoms with van der Waals surface area (Å²) >= 11 is 0. The molecule has 0 aromatic heterocycles. The lowest BCUT2D eigenvalue weighted by molar-refractivity contribution is -0.137. The molecule has 29 heavy (non-hydrogen) atoms. The topological polar surface area (TPSA) is 123 Å². The monoisotopic (exact) mass is 398 g/mol. The summed E-state index contributed by atoms with van der Waals surface area (Å²) in [5.74, 6) is -1.15. The zero-order valence-electron chi connectivity index (χ0n) is 15.4. The second-order valence-electron chi connectivity index (χ2n) is 5.90. The average Bonchev–Trinajstić information content (AvgIpc) is 3.19. The number of hydrogen-bond acceptors (Lipinski definition) is 6. The number of benzene rings is 2. The van der Waals surface area contributed by atoms with Gasteiger partial charge in [0.25, 0.3) is 11.8 Å². The summed E-state index contributed by atoms with van der Waals surface area (Å²) < 4.78 is 15.7. The third kappa shape index (κ3) is 4.83. The number of carbonyl (C=O) groups is 3. The summed E-state index contributed by atoms with van der Waals surface area (Å²) in [6.07, 6.45) is 1.41. The number of nitrogens with one attached hydrogen (secondary N) is 2. The molecule has 0 radical (unpaired) electrons. The Labute approximate surface area is 165 Å². The molecule has 9 nitrogen and oxygen atoms in total. The molecule has 2 aromatic rings. The number of amides is 2. The van der Waals surface area contributed by atoms with Crippen LogP contribution < -0.4 is 24.8 Å². The Morgan fingerprint density at radius 3 is 2.66 bits per heavy atom. The van der Waals surface area contributed by atoms with Gasteiger partial charge in [-0.25, -0.2) is 0 Å². The Hall–Kier alpha value is -4.01. The molecule has 3 N–H and O–H groups in total. The number of fused-ring (bicyclic) bond motifs is 1. The van der Waals surface area contributed by atoms with Crippen molar-refractivity contribution in [1.29, 1.82) is 0 Å². The third-order valence-electron chi connectivity index (χ3n) is 3.95. The van der Waals surface area contributed by atoms with Gasteiger partial charge in [-0.05, 0) is 35.9 Å². The minimum atomic E-state index is -1.21. The number of methoxy groups -OCH3 is 1. The minimum absolute atomic E-state index is 0.0962. The molecule has 0 atom stereocenters. The fourth-order valence-corrected chi connectivity index (χ4v) is 2.60. The Bertz CT molecular complexity index is 985. The molecule has 1 heterocycles. The van der Waals surface area contributed by atoms with Crippen molar-refractivity contribution in [2.75, 3.05) is 20.4 Å². The molecular formula is C20H18N2O7. The van der Waals surface area contributed by atoms with E-state index in [0.717, 1.165) is 0 Å². The molecule has 0 bridgehead atoms. The summed E-state index contributed by atoms with van der Waals surface area (Å²) in [7, 11) is 1.43. The van der Waals surface area contributed by atoms with Crippen LogP contribution in [-0.2, 0) is 9.59 Å². The van der Waals surface area contributed by atoms with Crippen molar-refractivity contribution in [3.8, 4) is 17.2 Å². The SMILES string of the molecule is COc1ccccc1C(=O)NC(=Cc1ccc2c(c1)OCO2)C(=O)NCC(=O)O. The van der Waals surface area contributed by atoms with E-state index in [0.29, 0.717) is 22.8 Å². The van der Waals surface area contributed by atoms with Crippen LogP contribution in [0.5, 0.6) is 17.2 Å². The highest BCUT2D eigenvalue weighted by atomic mass is 16.7. The highest BCUT2D eigenvalue weighted by Gasteiger charge is 2.19. The maximum absolute atomic E-state index is 12.7. The van der Waals surface area contributed by atoms with E-state index >= 15 is 0 Å². The smallest absolute Gasteiger partial charge is 0.322 e. The fraction of sp³-hybridized carbons (Fsp3) is 0.150.